The Labute approximate surface area is 114 Å². The average molecular weight is 268 g/mol. The van der Waals surface area contributed by atoms with Crippen molar-refractivity contribution >= 4 is 11.9 Å². The van der Waals surface area contributed by atoms with Crippen LogP contribution in [0.3, 0.4) is 0 Å². The maximum atomic E-state index is 12.3. The van der Waals surface area contributed by atoms with Crippen LogP contribution in [0.15, 0.2) is 0 Å². The molecule has 19 heavy (non-hydrogen) atoms. The van der Waals surface area contributed by atoms with Gasteiger partial charge in [-0.15, -0.1) is 0 Å². The first kappa shape index (κ1) is 14.3. The van der Waals surface area contributed by atoms with Crippen LogP contribution in [0.5, 0.6) is 0 Å². The van der Waals surface area contributed by atoms with Gasteiger partial charge in [-0.3, -0.25) is 9.59 Å². The van der Waals surface area contributed by atoms with Crippen molar-refractivity contribution in [3.8, 4) is 0 Å². The van der Waals surface area contributed by atoms with E-state index in [1.54, 1.807) is 4.90 Å². The van der Waals surface area contributed by atoms with Crippen LogP contribution < -0.4 is 0 Å². The second-order valence-electron chi connectivity index (χ2n) is 6.04. The summed E-state index contributed by atoms with van der Waals surface area (Å²) in [6.07, 6.45) is 4.23. The summed E-state index contributed by atoms with van der Waals surface area (Å²) < 4.78 is 0. The standard InChI is InChI=1S/C14H24N2O3/c1-15-7-3-4-12(15)9-16(2)13(17)10-5-6-11(8-10)14(18)19/h10-12H,3-9H2,1-2H3,(H,18,19)/t10-,11+,12?/m1/s1. The number of amides is 1. The van der Waals surface area contributed by atoms with Gasteiger partial charge in [0.2, 0.25) is 5.91 Å². The quantitative estimate of drug-likeness (QED) is 0.827. The first-order valence-electron chi connectivity index (χ1n) is 7.17. The Morgan fingerprint density at radius 1 is 1.26 bits per heavy atom. The van der Waals surface area contributed by atoms with Crippen LogP contribution in [0.25, 0.3) is 0 Å². The molecular formula is C14H24N2O3. The number of likely N-dealkylation sites (tertiary alicyclic amines) is 1. The molecule has 1 heterocycles. The van der Waals surface area contributed by atoms with E-state index in [1.165, 1.54) is 6.42 Å². The smallest absolute Gasteiger partial charge is 0.306 e. The minimum absolute atomic E-state index is 0.0854. The number of carbonyl (C=O) groups is 2. The number of hydrogen-bond acceptors (Lipinski definition) is 3. The fourth-order valence-electron chi connectivity index (χ4n) is 3.36. The Bertz CT molecular complexity index is 359. The molecule has 1 amide bonds. The largest absolute Gasteiger partial charge is 0.481 e. The maximum Gasteiger partial charge on any atom is 0.306 e. The van der Waals surface area contributed by atoms with Crippen LogP contribution in [0.1, 0.15) is 32.1 Å². The topological polar surface area (TPSA) is 60.9 Å². The van der Waals surface area contributed by atoms with Crippen molar-refractivity contribution in [3.63, 3.8) is 0 Å². The number of carbonyl (C=O) groups excluding carboxylic acids is 1. The molecule has 0 aromatic carbocycles. The maximum absolute atomic E-state index is 12.3. The molecule has 1 aliphatic heterocycles. The van der Waals surface area contributed by atoms with E-state index in [2.05, 4.69) is 11.9 Å². The molecule has 0 bridgehead atoms. The highest BCUT2D eigenvalue weighted by atomic mass is 16.4. The summed E-state index contributed by atoms with van der Waals surface area (Å²) in [4.78, 5) is 27.4. The fourth-order valence-corrected chi connectivity index (χ4v) is 3.36. The lowest BCUT2D eigenvalue weighted by molar-refractivity contribution is -0.141. The molecule has 1 N–H and O–H groups in total. The number of aliphatic carboxylic acids is 1. The number of likely N-dealkylation sites (N-methyl/N-ethyl adjacent to an activating group) is 2. The predicted octanol–water partition coefficient (Wildman–Crippen LogP) is 1.04. The predicted molar refractivity (Wildman–Crippen MR) is 71.8 cm³/mol. The highest BCUT2D eigenvalue weighted by Crippen LogP contribution is 2.32. The van der Waals surface area contributed by atoms with Crippen LogP contribution in [-0.4, -0.2) is 60.0 Å². The molecule has 2 fully saturated rings. The van der Waals surface area contributed by atoms with Crippen LogP contribution in [0.4, 0.5) is 0 Å². The van der Waals surface area contributed by atoms with Gasteiger partial charge in [0.1, 0.15) is 0 Å². The van der Waals surface area contributed by atoms with Gasteiger partial charge in [-0.25, -0.2) is 0 Å². The van der Waals surface area contributed by atoms with Crippen LogP contribution in [0, 0.1) is 11.8 Å². The minimum atomic E-state index is -0.756. The van der Waals surface area contributed by atoms with E-state index in [1.807, 2.05) is 7.05 Å². The number of rotatable bonds is 4. The average Bonchev–Trinajstić information content (AvgIpc) is 2.98. The molecule has 5 nitrogen and oxygen atoms in total. The Morgan fingerprint density at radius 3 is 2.47 bits per heavy atom. The molecule has 0 spiro atoms. The van der Waals surface area contributed by atoms with E-state index in [-0.39, 0.29) is 17.7 Å². The van der Waals surface area contributed by atoms with Crippen LogP contribution in [0.2, 0.25) is 0 Å². The summed E-state index contributed by atoms with van der Waals surface area (Å²) >= 11 is 0. The van der Waals surface area contributed by atoms with Gasteiger partial charge in [-0.05, 0) is 45.7 Å². The molecular weight excluding hydrogens is 244 g/mol. The van der Waals surface area contributed by atoms with Crippen molar-refractivity contribution in [1.82, 2.24) is 9.80 Å². The Hall–Kier alpha value is -1.10. The first-order chi connectivity index (χ1) is 8.99. The van der Waals surface area contributed by atoms with Gasteiger partial charge in [-0.2, -0.15) is 0 Å². The summed E-state index contributed by atoms with van der Waals surface area (Å²) in [6, 6.07) is 0.464. The number of carboxylic acids is 1. The zero-order valence-corrected chi connectivity index (χ0v) is 11.8. The normalized spacial score (nSPS) is 31.6. The molecule has 2 aliphatic rings. The third kappa shape index (κ3) is 3.26. The van der Waals surface area contributed by atoms with Gasteiger partial charge in [-0.1, -0.05) is 0 Å². The highest BCUT2D eigenvalue weighted by molar-refractivity contribution is 5.80. The highest BCUT2D eigenvalue weighted by Gasteiger charge is 2.35. The summed E-state index contributed by atoms with van der Waals surface area (Å²) in [5.74, 6) is -1.04. The fraction of sp³-hybridized carbons (Fsp3) is 0.857. The summed E-state index contributed by atoms with van der Waals surface area (Å²) in [7, 11) is 3.95. The monoisotopic (exact) mass is 268 g/mol. The molecule has 1 saturated carbocycles. The second-order valence-corrected chi connectivity index (χ2v) is 6.04. The minimum Gasteiger partial charge on any atom is -0.481 e. The van der Waals surface area contributed by atoms with E-state index in [0.717, 1.165) is 25.9 Å². The summed E-state index contributed by atoms with van der Waals surface area (Å²) in [5, 5.41) is 8.98. The van der Waals surface area contributed by atoms with Crippen molar-refractivity contribution in [3.05, 3.63) is 0 Å². The van der Waals surface area contributed by atoms with Crippen molar-refractivity contribution in [2.24, 2.45) is 11.8 Å². The SMILES string of the molecule is CN(CC1CCCN1C)C(=O)[C@@H]1CC[C@H](C(=O)O)C1. The molecule has 108 valence electrons. The lowest BCUT2D eigenvalue weighted by atomic mass is 10.0. The Kier molecular flexibility index (Phi) is 4.45. The van der Waals surface area contributed by atoms with Crippen molar-refractivity contribution in [2.75, 3.05) is 27.2 Å². The molecule has 0 aromatic rings. The molecule has 3 atom stereocenters. The van der Waals surface area contributed by atoms with Crippen LogP contribution >= 0.6 is 0 Å². The molecule has 1 aliphatic carbocycles. The van der Waals surface area contributed by atoms with E-state index >= 15 is 0 Å². The molecule has 5 heteroatoms. The third-order valence-electron chi connectivity index (χ3n) is 4.66. The summed E-state index contributed by atoms with van der Waals surface area (Å²) in [6.45, 7) is 1.88. The molecule has 1 unspecified atom stereocenters. The summed E-state index contributed by atoms with van der Waals surface area (Å²) in [5.41, 5.74) is 0. The van der Waals surface area contributed by atoms with Crippen molar-refractivity contribution < 1.29 is 14.7 Å². The zero-order chi connectivity index (χ0) is 14.0. The number of carboxylic acid groups (broad SMARTS) is 1. The van der Waals surface area contributed by atoms with E-state index in [9.17, 15) is 9.59 Å². The van der Waals surface area contributed by atoms with Crippen LogP contribution in [-0.2, 0) is 9.59 Å². The third-order valence-corrected chi connectivity index (χ3v) is 4.66. The van der Waals surface area contributed by atoms with Crippen molar-refractivity contribution in [2.45, 2.75) is 38.1 Å². The lowest BCUT2D eigenvalue weighted by Gasteiger charge is -2.27. The molecule has 1 saturated heterocycles. The molecule has 0 aromatic heterocycles. The number of nitrogens with zero attached hydrogens (tertiary/aromatic N) is 2. The molecule has 2 rings (SSSR count). The zero-order valence-electron chi connectivity index (χ0n) is 11.8. The Morgan fingerprint density at radius 2 is 1.95 bits per heavy atom. The van der Waals surface area contributed by atoms with Gasteiger partial charge in [0.15, 0.2) is 0 Å². The van der Waals surface area contributed by atoms with E-state index in [0.29, 0.717) is 18.9 Å². The first-order valence-corrected chi connectivity index (χ1v) is 7.17. The number of hydrogen-bond donors (Lipinski definition) is 1. The van der Waals surface area contributed by atoms with E-state index < -0.39 is 5.97 Å². The Balaban J connectivity index is 1.84. The van der Waals surface area contributed by atoms with Gasteiger partial charge >= 0.3 is 5.97 Å². The van der Waals surface area contributed by atoms with Crippen molar-refractivity contribution in [1.29, 1.82) is 0 Å². The molecule has 0 radical (unpaired) electrons. The van der Waals surface area contributed by atoms with E-state index in [4.69, 9.17) is 5.11 Å². The van der Waals surface area contributed by atoms with Gasteiger partial charge < -0.3 is 14.9 Å². The lowest BCUT2D eigenvalue weighted by Crippen LogP contribution is -2.41. The van der Waals surface area contributed by atoms with Gasteiger partial charge in [0.25, 0.3) is 0 Å². The van der Waals surface area contributed by atoms with Gasteiger partial charge in [0, 0.05) is 25.6 Å². The second kappa shape index (κ2) is 5.90. The van der Waals surface area contributed by atoms with Gasteiger partial charge in [0.05, 0.1) is 5.92 Å².